The molecule has 2 atom stereocenters. The zero-order valence-corrected chi connectivity index (χ0v) is 19.6. The van der Waals surface area contributed by atoms with Crippen LogP contribution in [-0.2, 0) is 0 Å². The highest BCUT2D eigenvalue weighted by Crippen LogP contribution is 2.44. The maximum absolute atomic E-state index is 15.0. The number of para-hydroxylation sites is 1. The molecule has 166 valence electrons. The molecular formula is C27H25FN4S. The van der Waals surface area contributed by atoms with Crippen molar-refractivity contribution in [1.29, 1.82) is 0 Å². The number of nitrogens with zero attached hydrogens (tertiary/aromatic N) is 3. The van der Waals surface area contributed by atoms with Gasteiger partial charge in [0, 0.05) is 23.3 Å². The van der Waals surface area contributed by atoms with Crippen molar-refractivity contribution in [2.75, 3.05) is 4.90 Å². The van der Waals surface area contributed by atoms with Crippen molar-refractivity contribution in [3.8, 4) is 5.69 Å². The van der Waals surface area contributed by atoms with Crippen molar-refractivity contribution in [3.63, 3.8) is 0 Å². The maximum Gasteiger partial charge on any atom is 0.174 e. The molecule has 1 fully saturated rings. The molecule has 1 aliphatic heterocycles. The number of pyridine rings is 1. The molecule has 0 radical (unpaired) electrons. The summed E-state index contributed by atoms with van der Waals surface area (Å²) in [4.78, 5) is 6.50. The molecule has 33 heavy (non-hydrogen) atoms. The van der Waals surface area contributed by atoms with E-state index < -0.39 is 0 Å². The SMILES string of the molecule is Cc1cccc(-n2c(C)cc([C@@H]3[C@@H](c4ccccn4)NC(=S)N3c3ccccc3F)c2C)c1. The average molecular weight is 457 g/mol. The van der Waals surface area contributed by atoms with Crippen molar-refractivity contribution in [2.45, 2.75) is 32.9 Å². The molecule has 2 aromatic carbocycles. The molecule has 4 aromatic rings. The van der Waals surface area contributed by atoms with E-state index in [0.29, 0.717) is 10.8 Å². The van der Waals surface area contributed by atoms with Crippen LogP contribution in [0.5, 0.6) is 0 Å². The lowest BCUT2D eigenvalue weighted by atomic mass is 9.96. The standard InChI is InChI=1S/C27H25FN4S/c1-17-9-8-10-20(15-17)31-18(2)16-21(19(31)3)26-25(23-12-6-7-14-29-23)30-27(33)32(26)24-13-5-4-11-22(24)28/h4-16,25-26H,1-3H3,(H,30,33)/t25-,26-/m1/s1. The number of hydrogen-bond donors (Lipinski definition) is 1. The average Bonchev–Trinajstić information content (AvgIpc) is 3.30. The fraction of sp³-hybridized carbons (Fsp3) is 0.185. The first-order valence-electron chi connectivity index (χ1n) is 11.0. The van der Waals surface area contributed by atoms with Gasteiger partial charge in [0.05, 0.1) is 23.5 Å². The smallest absolute Gasteiger partial charge is 0.174 e. The minimum absolute atomic E-state index is 0.218. The molecule has 0 spiro atoms. The van der Waals surface area contributed by atoms with Crippen molar-refractivity contribution in [2.24, 2.45) is 0 Å². The lowest BCUT2D eigenvalue weighted by Crippen LogP contribution is -2.30. The summed E-state index contributed by atoms with van der Waals surface area (Å²) in [5, 5.41) is 3.91. The van der Waals surface area contributed by atoms with Gasteiger partial charge in [-0.1, -0.05) is 30.3 Å². The second-order valence-electron chi connectivity index (χ2n) is 8.45. The van der Waals surface area contributed by atoms with Crippen LogP contribution in [0.4, 0.5) is 10.1 Å². The molecule has 6 heteroatoms. The van der Waals surface area contributed by atoms with Crippen LogP contribution in [0.3, 0.4) is 0 Å². The molecule has 3 heterocycles. The Hall–Kier alpha value is -3.51. The monoisotopic (exact) mass is 456 g/mol. The van der Waals surface area contributed by atoms with E-state index in [-0.39, 0.29) is 17.9 Å². The first-order chi connectivity index (χ1) is 16.0. The zero-order valence-electron chi connectivity index (χ0n) is 18.8. The summed E-state index contributed by atoms with van der Waals surface area (Å²) < 4.78 is 17.2. The Morgan fingerprint density at radius 1 is 0.939 bits per heavy atom. The molecule has 1 N–H and O–H groups in total. The number of aromatic nitrogens is 2. The third-order valence-corrected chi connectivity index (χ3v) is 6.57. The lowest BCUT2D eigenvalue weighted by Gasteiger charge is -2.28. The predicted molar refractivity (Wildman–Crippen MR) is 134 cm³/mol. The fourth-order valence-corrected chi connectivity index (χ4v) is 5.17. The second-order valence-corrected chi connectivity index (χ2v) is 8.84. The number of thiocarbonyl (C=S) groups is 1. The van der Waals surface area contributed by atoms with Crippen LogP contribution in [0, 0.1) is 26.6 Å². The third-order valence-electron chi connectivity index (χ3n) is 6.26. The van der Waals surface area contributed by atoms with Gasteiger partial charge in [-0.3, -0.25) is 4.98 Å². The number of halogens is 1. The summed E-state index contributed by atoms with van der Waals surface area (Å²) in [5.74, 6) is -0.305. The van der Waals surface area contributed by atoms with Crippen molar-refractivity contribution >= 4 is 23.0 Å². The van der Waals surface area contributed by atoms with E-state index in [2.05, 4.69) is 66.0 Å². The molecule has 0 unspecified atom stereocenters. The predicted octanol–water partition coefficient (Wildman–Crippen LogP) is 6.11. The van der Waals surface area contributed by atoms with Gasteiger partial charge >= 0.3 is 0 Å². The highest BCUT2D eigenvalue weighted by atomic mass is 32.1. The Bertz CT molecular complexity index is 1330. The summed E-state index contributed by atoms with van der Waals surface area (Å²) in [5.41, 5.74) is 6.92. The number of hydrogen-bond acceptors (Lipinski definition) is 2. The van der Waals surface area contributed by atoms with E-state index >= 15 is 0 Å². The van der Waals surface area contributed by atoms with Gasteiger partial charge in [-0.05, 0) is 86.6 Å². The Morgan fingerprint density at radius 2 is 1.73 bits per heavy atom. The molecule has 4 nitrogen and oxygen atoms in total. The quantitative estimate of drug-likeness (QED) is 0.376. The van der Waals surface area contributed by atoms with Crippen molar-refractivity contribution in [3.05, 3.63) is 113 Å². The van der Waals surface area contributed by atoms with Gasteiger partial charge in [0.2, 0.25) is 0 Å². The first kappa shape index (κ1) is 21.3. The fourth-order valence-electron chi connectivity index (χ4n) is 4.83. The van der Waals surface area contributed by atoms with Crippen LogP contribution < -0.4 is 10.2 Å². The molecule has 1 saturated heterocycles. The van der Waals surface area contributed by atoms with E-state index in [1.165, 1.54) is 11.6 Å². The summed E-state index contributed by atoms with van der Waals surface area (Å²) in [6, 6.07) is 22.8. The molecule has 1 aliphatic rings. The molecular weight excluding hydrogens is 431 g/mol. The summed E-state index contributed by atoms with van der Waals surface area (Å²) in [6.45, 7) is 6.30. The Kier molecular flexibility index (Phi) is 5.46. The van der Waals surface area contributed by atoms with E-state index in [4.69, 9.17) is 12.2 Å². The minimum atomic E-state index is -0.305. The van der Waals surface area contributed by atoms with Gasteiger partial charge in [-0.2, -0.15) is 0 Å². The van der Waals surface area contributed by atoms with Crippen LogP contribution in [0.25, 0.3) is 5.69 Å². The number of benzene rings is 2. The number of rotatable bonds is 4. The largest absolute Gasteiger partial charge is 0.351 e. The van der Waals surface area contributed by atoms with Crippen molar-refractivity contribution < 1.29 is 4.39 Å². The zero-order chi connectivity index (χ0) is 23.1. The molecule has 2 aromatic heterocycles. The molecule has 0 aliphatic carbocycles. The second kappa shape index (κ2) is 8.45. The van der Waals surface area contributed by atoms with Gasteiger partial charge in [-0.15, -0.1) is 0 Å². The first-order valence-corrected chi connectivity index (χ1v) is 11.4. The normalized spacial score (nSPS) is 17.9. The van der Waals surface area contributed by atoms with Crippen LogP contribution in [0.1, 0.15) is 40.3 Å². The Balaban J connectivity index is 1.70. The third kappa shape index (κ3) is 3.70. The van der Waals surface area contributed by atoms with E-state index in [1.807, 2.05) is 29.2 Å². The van der Waals surface area contributed by atoms with E-state index in [1.54, 1.807) is 18.3 Å². The van der Waals surface area contributed by atoms with Crippen LogP contribution in [0.15, 0.2) is 79.0 Å². The van der Waals surface area contributed by atoms with Gasteiger partial charge < -0.3 is 14.8 Å². The van der Waals surface area contributed by atoms with Crippen molar-refractivity contribution in [1.82, 2.24) is 14.9 Å². The van der Waals surface area contributed by atoms with Crippen LogP contribution >= 0.6 is 12.2 Å². The molecule has 5 rings (SSSR count). The molecule has 0 saturated carbocycles. The minimum Gasteiger partial charge on any atom is -0.351 e. The summed E-state index contributed by atoms with van der Waals surface area (Å²) in [6.07, 6.45) is 1.78. The number of aryl methyl sites for hydroxylation is 2. The summed E-state index contributed by atoms with van der Waals surface area (Å²) >= 11 is 5.74. The van der Waals surface area contributed by atoms with Gasteiger partial charge in [0.1, 0.15) is 5.82 Å². The molecule has 0 amide bonds. The van der Waals surface area contributed by atoms with Gasteiger partial charge in [-0.25, -0.2) is 4.39 Å². The van der Waals surface area contributed by atoms with E-state index in [9.17, 15) is 4.39 Å². The molecule has 0 bridgehead atoms. The van der Waals surface area contributed by atoms with E-state index in [0.717, 1.165) is 28.3 Å². The van der Waals surface area contributed by atoms with Gasteiger partial charge in [0.15, 0.2) is 5.11 Å². The summed E-state index contributed by atoms with van der Waals surface area (Å²) in [7, 11) is 0. The van der Waals surface area contributed by atoms with Gasteiger partial charge in [0.25, 0.3) is 0 Å². The maximum atomic E-state index is 15.0. The number of anilines is 1. The highest BCUT2D eigenvalue weighted by Gasteiger charge is 2.43. The van der Waals surface area contributed by atoms with Crippen LogP contribution in [0.2, 0.25) is 0 Å². The Labute approximate surface area is 198 Å². The topological polar surface area (TPSA) is 33.1 Å². The highest BCUT2D eigenvalue weighted by molar-refractivity contribution is 7.80. The lowest BCUT2D eigenvalue weighted by molar-refractivity contribution is 0.556. The number of nitrogens with one attached hydrogen (secondary N) is 1. The Morgan fingerprint density at radius 3 is 2.45 bits per heavy atom. The van der Waals surface area contributed by atoms with Crippen LogP contribution in [-0.4, -0.2) is 14.7 Å².